The van der Waals surface area contributed by atoms with E-state index in [1.807, 2.05) is 0 Å². The summed E-state index contributed by atoms with van der Waals surface area (Å²) in [5.41, 5.74) is -0.814. The summed E-state index contributed by atoms with van der Waals surface area (Å²) in [6.45, 7) is 0. The number of rotatable bonds is 2. The Morgan fingerprint density at radius 1 is 0.909 bits per heavy atom. The van der Waals surface area contributed by atoms with Crippen molar-refractivity contribution in [3.63, 3.8) is 0 Å². The van der Waals surface area contributed by atoms with Crippen LogP contribution in [0.2, 0.25) is 0 Å². The Hall–Kier alpha value is -3.28. The number of nitrogens with one attached hydrogen (secondary N) is 1. The second-order valence-electron chi connectivity index (χ2n) is 4.56. The molecule has 0 fully saturated rings. The Balaban J connectivity index is 2.19. The third-order valence-corrected chi connectivity index (χ3v) is 3.14. The lowest BCUT2D eigenvalue weighted by Crippen LogP contribution is -2.41. The zero-order valence-electron chi connectivity index (χ0n) is 11.4. The van der Waals surface area contributed by atoms with Crippen molar-refractivity contribution in [3.8, 4) is 11.3 Å². The Morgan fingerprint density at radius 2 is 1.50 bits per heavy atom. The molecule has 0 amide bonds. The van der Waals surface area contributed by atoms with E-state index in [0.717, 1.165) is 0 Å². The van der Waals surface area contributed by atoms with Gasteiger partial charge in [0.1, 0.15) is 0 Å². The van der Waals surface area contributed by atoms with Crippen LogP contribution in [0.1, 0.15) is 10.4 Å². The highest BCUT2D eigenvalue weighted by molar-refractivity contribution is 5.95. The van der Waals surface area contributed by atoms with Crippen LogP contribution in [0, 0.1) is 0 Å². The maximum atomic E-state index is 12.5. The number of H-pyrrole nitrogens is 1. The van der Waals surface area contributed by atoms with Gasteiger partial charge in [-0.1, -0.05) is 48.5 Å². The smallest absolute Gasteiger partial charge is 0.268 e. The molecule has 3 rings (SSSR count). The van der Waals surface area contributed by atoms with Gasteiger partial charge in [0.05, 0.1) is 0 Å². The number of hydrogen-bond acceptors (Lipinski definition) is 4. The first-order chi connectivity index (χ1) is 10.7. The molecule has 2 aromatic carbocycles. The minimum Gasteiger partial charge on any atom is -0.268 e. The van der Waals surface area contributed by atoms with E-state index >= 15 is 0 Å². The Bertz CT molecular complexity index is 928. The van der Waals surface area contributed by atoms with E-state index in [1.54, 1.807) is 48.5 Å². The molecule has 0 spiro atoms. The number of aromatic nitrogens is 3. The summed E-state index contributed by atoms with van der Waals surface area (Å²) in [5, 5.41) is 5.96. The highest BCUT2D eigenvalue weighted by Crippen LogP contribution is 2.10. The first-order valence-corrected chi connectivity index (χ1v) is 6.55. The van der Waals surface area contributed by atoms with Crippen molar-refractivity contribution in [2.45, 2.75) is 0 Å². The largest absolute Gasteiger partial charge is 0.352 e. The van der Waals surface area contributed by atoms with Crippen molar-refractivity contribution in [1.82, 2.24) is 14.8 Å². The van der Waals surface area contributed by atoms with Crippen LogP contribution in [-0.4, -0.2) is 20.7 Å². The van der Waals surface area contributed by atoms with E-state index in [2.05, 4.69) is 10.2 Å². The molecular formula is C16H11N3O3. The highest BCUT2D eigenvalue weighted by atomic mass is 16.2. The number of nitrogens with zero attached hydrogens (tertiary/aromatic N) is 2. The topological polar surface area (TPSA) is 84.8 Å². The second kappa shape index (κ2) is 5.61. The van der Waals surface area contributed by atoms with Crippen molar-refractivity contribution >= 4 is 5.91 Å². The summed E-state index contributed by atoms with van der Waals surface area (Å²) in [5.74, 6) is -0.688. The van der Waals surface area contributed by atoms with E-state index in [1.165, 1.54) is 12.1 Å². The maximum Gasteiger partial charge on any atom is 0.352 e. The molecule has 1 aromatic heterocycles. The molecule has 0 aliphatic carbocycles. The fourth-order valence-electron chi connectivity index (χ4n) is 2.08. The van der Waals surface area contributed by atoms with Crippen LogP contribution in [-0.2, 0) is 0 Å². The fourth-order valence-corrected chi connectivity index (χ4v) is 2.08. The lowest BCUT2D eigenvalue weighted by atomic mass is 10.1. The summed E-state index contributed by atoms with van der Waals surface area (Å²) in [7, 11) is 0. The van der Waals surface area contributed by atoms with Crippen LogP contribution in [0.5, 0.6) is 0 Å². The maximum absolute atomic E-state index is 12.5. The zero-order chi connectivity index (χ0) is 15.5. The first-order valence-electron chi connectivity index (χ1n) is 6.55. The molecule has 22 heavy (non-hydrogen) atoms. The van der Waals surface area contributed by atoms with Crippen molar-refractivity contribution in [1.29, 1.82) is 0 Å². The lowest BCUT2D eigenvalue weighted by molar-refractivity contribution is 0.0950. The third kappa shape index (κ3) is 2.37. The van der Waals surface area contributed by atoms with Gasteiger partial charge in [0.2, 0.25) is 0 Å². The molecule has 0 radical (unpaired) electrons. The monoisotopic (exact) mass is 293 g/mol. The Kier molecular flexibility index (Phi) is 3.49. The van der Waals surface area contributed by atoms with Gasteiger partial charge in [-0.3, -0.25) is 9.59 Å². The average molecular weight is 293 g/mol. The number of carbonyl (C=O) groups excluding carboxylic acids is 1. The molecule has 108 valence electrons. The molecule has 3 aromatic rings. The third-order valence-electron chi connectivity index (χ3n) is 3.14. The molecular weight excluding hydrogens is 282 g/mol. The summed E-state index contributed by atoms with van der Waals surface area (Å²) in [4.78, 5) is 36.7. The van der Waals surface area contributed by atoms with Gasteiger partial charge in [-0.2, -0.15) is 9.67 Å². The Morgan fingerprint density at radius 3 is 2.14 bits per heavy atom. The van der Waals surface area contributed by atoms with Crippen molar-refractivity contribution in [3.05, 3.63) is 87.1 Å². The van der Waals surface area contributed by atoms with Gasteiger partial charge in [0, 0.05) is 11.1 Å². The molecule has 6 nitrogen and oxygen atoms in total. The van der Waals surface area contributed by atoms with Gasteiger partial charge in [-0.25, -0.2) is 9.89 Å². The quantitative estimate of drug-likeness (QED) is 0.771. The summed E-state index contributed by atoms with van der Waals surface area (Å²) in [6.07, 6.45) is 0. The van der Waals surface area contributed by atoms with Crippen LogP contribution < -0.4 is 11.2 Å². The van der Waals surface area contributed by atoms with Gasteiger partial charge in [0.25, 0.3) is 11.5 Å². The molecule has 0 unspecified atom stereocenters. The van der Waals surface area contributed by atoms with Gasteiger partial charge in [0.15, 0.2) is 5.69 Å². The molecule has 0 saturated carbocycles. The molecule has 1 N–H and O–H groups in total. The van der Waals surface area contributed by atoms with Gasteiger partial charge >= 0.3 is 5.69 Å². The summed E-state index contributed by atoms with van der Waals surface area (Å²) >= 11 is 0. The van der Waals surface area contributed by atoms with Crippen LogP contribution in [0.4, 0.5) is 0 Å². The van der Waals surface area contributed by atoms with Crippen molar-refractivity contribution in [2.75, 3.05) is 0 Å². The van der Waals surface area contributed by atoms with Crippen molar-refractivity contribution < 1.29 is 4.79 Å². The molecule has 0 aliphatic rings. The number of hydrogen-bond donors (Lipinski definition) is 1. The minimum atomic E-state index is -0.862. The van der Waals surface area contributed by atoms with E-state index in [4.69, 9.17) is 0 Å². The van der Waals surface area contributed by atoms with Crippen LogP contribution in [0.25, 0.3) is 11.3 Å². The molecule has 0 saturated heterocycles. The van der Waals surface area contributed by atoms with E-state index in [9.17, 15) is 14.4 Å². The van der Waals surface area contributed by atoms with Crippen molar-refractivity contribution in [2.24, 2.45) is 0 Å². The number of aromatic amines is 1. The highest BCUT2D eigenvalue weighted by Gasteiger charge is 2.17. The second-order valence-corrected chi connectivity index (χ2v) is 4.56. The molecule has 0 atom stereocenters. The number of benzene rings is 2. The SMILES string of the molecule is O=C(c1ccccc1)n1c(=O)[nH]nc(-c2ccccc2)c1=O. The van der Waals surface area contributed by atoms with E-state index in [-0.39, 0.29) is 11.3 Å². The predicted octanol–water partition coefficient (Wildman–Crippen LogP) is 1.29. The minimum absolute atomic E-state index is 0.0180. The lowest BCUT2D eigenvalue weighted by Gasteiger charge is -2.05. The van der Waals surface area contributed by atoms with Gasteiger partial charge < -0.3 is 0 Å². The predicted molar refractivity (Wildman–Crippen MR) is 80.7 cm³/mol. The average Bonchev–Trinajstić information content (AvgIpc) is 2.56. The molecule has 0 bridgehead atoms. The Labute approximate surface area is 124 Å². The van der Waals surface area contributed by atoms with Crippen LogP contribution >= 0.6 is 0 Å². The van der Waals surface area contributed by atoms with Crippen LogP contribution in [0.3, 0.4) is 0 Å². The van der Waals surface area contributed by atoms with E-state index < -0.39 is 17.2 Å². The summed E-state index contributed by atoms with van der Waals surface area (Å²) in [6, 6.07) is 16.8. The normalized spacial score (nSPS) is 10.4. The number of carbonyl (C=O) groups is 1. The summed E-state index contributed by atoms with van der Waals surface area (Å²) < 4.78 is 0.560. The van der Waals surface area contributed by atoms with Gasteiger partial charge in [-0.05, 0) is 12.1 Å². The van der Waals surface area contributed by atoms with Crippen LogP contribution in [0.15, 0.2) is 70.3 Å². The molecule has 0 aliphatic heterocycles. The van der Waals surface area contributed by atoms with Gasteiger partial charge in [-0.15, -0.1) is 0 Å². The molecule has 6 heteroatoms. The standard InChI is InChI=1S/C16H11N3O3/c20-14(12-9-5-2-6-10-12)19-15(21)13(17-18-16(19)22)11-7-3-1-4-8-11/h1-10H,(H,18,22). The van der Waals surface area contributed by atoms with E-state index in [0.29, 0.717) is 10.1 Å². The molecule has 1 heterocycles. The fraction of sp³-hybridized carbons (Fsp3) is 0. The first kappa shape index (κ1) is 13.7. The zero-order valence-corrected chi connectivity index (χ0v) is 11.4.